The summed E-state index contributed by atoms with van der Waals surface area (Å²) in [6.07, 6.45) is 7.49. The van der Waals surface area contributed by atoms with E-state index >= 15 is 0 Å². The lowest BCUT2D eigenvalue weighted by molar-refractivity contribution is 0.223. The molecule has 2 aliphatic heterocycles. The van der Waals surface area contributed by atoms with Crippen molar-refractivity contribution >= 4 is 22.7 Å². The smallest absolute Gasteiger partial charge is 0.0713 e. The fourth-order valence-electron chi connectivity index (χ4n) is 15.0. The van der Waals surface area contributed by atoms with Crippen LogP contribution in [0.1, 0.15) is 111 Å². The normalized spacial score (nSPS) is 25.1. The maximum absolute atomic E-state index is 2.69. The van der Waals surface area contributed by atoms with Crippen LogP contribution in [0.3, 0.4) is 0 Å². The molecule has 3 aliphatic carbocycles. The predicted octanol–water partition coefficient (Wildman–Crippen LogP) is 17.0. The second-order valence-electron chi connectivity index (χ2n) is 21.3. The van der Waals surface area contributed by atoms with Gasteiger partial charge in [0.15, 0.2) is 0 Å². The van der Waals surface area contributed by atoms with Gasteiger partial charge in [0.05, 0.1) is 5.41 Å². The standard InChI is InChI=1S/C65H60N2/c1-43-19-17-37-63(3)61(43)55-39-45(31-35-59(55)66(63)51-25-13-7-14-26-51)47-29-33-53-54-34-30-48(42-58(54)65(57(53)41-47,49-21-9-5-10-22-49)50-23-11-6-12-24-50)46-32-36-60-56(40-46)62-44(2)20-18-38-64(62,4)67(60)52-27-15-8-16-28-52/h5-16,21-36,39-44,61-62H,17-20,37-38H2,1-4H3. The zero-order valence-electron chi connectivity index (χ0n) is 39.4. The molecule has 0 spiro atoms. The third-order valence-corrected chi connectivity index (χ3v) is 17.6. The van der Waals surface area contributed by atoms with E-state index in [1.54, 1.807) is 0 Å². The highest BCUT2D eigenvalue weighted by atomic mass is 15.2. The Morgan fingerprint density at radius 3 is 1.16 bits per heavy atom. The first kappa shape index (κ1) is 40.6. The Balaban J connectivity index is 0.978. The van der Waals surface area contributed by atoms with E-state index in [0.717, 1.165) is 0 Å². The zero-order chi connectivity index (χ0) is 45.1. The summed E-state index contributed by atoms with van der Waals surface area (Å²) in [6, 6.07) is 74.6. The molecule has 6 atom stereocenters. The topological polar surface area (TPSA) is 6.48 Å². The lowest BCUT2D eigenvalue weighted by atomic mass is 9.66. The van der Waals surface area contributed by atoms with Gasteiger partial charge >= 0.3 is 0 Å². The van der Waals surface area contributed by atoms with Crippen LogP contribution in [0, 0.1) is 11.8 Å². The summed E-state index contributed by atoms with van der Waals surface area (Å²) < 4.78 is 0. The largest absolute Gasteiger partial charge is 0.335 e. The van der Waals surface area contributed by atoms with E-state index in [4.69, 9.17) is 0 Å². The average Bonchev–Trinajstić information content (AvgIpc) is 3.93. The van der Waals surface area contributed by atoms with Gasteiger partial charge in [-0.3, -0.25) is 0 Å². The van der Waals surface area contributed by atoms with Gasteiger partial charge in [-0.1, -0.05) is 160 Å². The van der Waals surface area contributed by atoms with Gasteiger partial charge in [-0.2, -0.15) is 0 Å². The maximum atomic E-state index is 2.69. The Morgan fingerprint density at radius 1 is 0.403 bits per heavy atom. The quantitative estimate of drug-likeness (QED) is 0.164. The van der Waals surface area contributed by atoms with Crippen LogP contribution in [-0.2, 0) is 5.41 Å². The van der Waals surface area contributed by atoms with E-state index in [2.05, 4.69) is 232 Å². The van der Waals surface area contributed by atoms with Crippen LogP contribution in [0.5, 0.6) is 0 Å². The SMILES string of the molecule is CC1CCCC2(C)C1c1cc(-c3ccc4c(c3)C(c3ccccc3)(c3ccccc3)c3cc(-c5ccc6c(c5)C5C(C)CCCC5(C)N6c5ccccc5)ccc3-4)ccc1N2c1ccccc1. The van der Waals surface area contributed by atoms with E-state index in [-0.39, 0.29) is 11.1 Å². The van der Waals surface area contributed by atoms with Crippen LogP contribution >= 0.6 is 0 Å². The van der Waals surface area contributed by atoms with Gasteiger partial charge < -0.3 is 9.80 Å². The molecule has 5 aliphatic rings. The highest BCUT2D eigenvalue weighted by Gasteiger charge is 2.54. The van der Waals surface area contributed by atoms with Crippen LogP contribution in [-0.4, -0.2) is 11.1 Å². The number of hydrogen-bond donors (Lipinski definition) is 0. The molecule has 0 radical (unpaired) electrons. The molecule has 8 aromatic rings. The molecular weight excluding hydrogens is 809 g/mol. The lowest BCUT2D eigenvalue weighted by Gasteiger charge is -2.46. The first-order chi connectivity index (χ1) is 32.8. The average molecular weight is 869 g/mol. The molecule has 0 N–H and O–H groups in total. The highest BCUT2D eigenvalue weighted by Crippen LogP contribution is 2.63. The fraction of sp³-hybridized carbons (Fsp3) is 0.262. The molecule has 2 saturated carbocycles. The Bertz CT molecular complexity index is 2960. The van der Waals surface area contributed by atoms with Gasteiger partial charge in [0.1, 0.15) is 0 Å². The number of rotatable bonds is 6. The molecule has 13 rings (SSSR count). The van der Waals surface area contributed by atoms with E-state index in [9.17, 15) is 0 Å². The second-order valence-corrected chi connectivity index (χ2v) is 21.3. The molecule has 6 unspecified atom stereocenters. The number of hydrogen-bond acceptors (Lipinski definition) is 2. The number of fused-ring (bicyclic) bond motifs is 9. The van der Waals surface area contributed by atoms with Gasteiger partial charge in [0.25, 0.3) is 0 Å². The van der Waals surface area contributed by atoms with E-state index in [1.807, 2.05) is 0 Å². The van der Waals surface area contributed by atoms with Crippen molar-refractivity contribution in [1.29, 1.82) is 0 Å². The Labute approximate surface area is 398 Å². The van der Waals surface area contributed by atoms with Crippen molar-refractivity contribution in [2.45, 2.75) is 94.5 Å². The summed E-state index contributed by atoms with van der Waals surface area (Å²) in [7, 11) is 0. The minimum absolute atomic E-state index is 0.0431. The van der Waals surface area contributed by atoms with Crippen molar-refractivity contribution < 1.29 is 0 Å². The third kappa shape index (κ3) is 5.81. The molecule has 67 heavy (non-hydrogen) atoms. The van der Waals surface area contributed by atoms with Crippen molar-refractivity contribution in [1.82, 2.24) is 0 Å². The van der Waals surface area contributed by atoms with Gasteiger partial charge in [-0.05, 0) is 179 Å². The second kappa shape index (κ2) is 15.2. The molecule has 2 heterocycles. The molecule has 2 nitrogen and oxygen atoms in total. The molecular formula is C65H60N2. The molecule has 8 aromatic carbocycles. The van der Waals surface area contributed by atoms with Crippen molar-refractivity contribution in [3.8, 4) is 33.4 Å². The van der Waals surface area contributed by atoms with Gasteiger partial charge in [0, 0.05) is 45.7 Å². The highest BCUT2D eigenvalue weighted by molar-refractivity contribution is 5.91. The summed E-state index contributed by atoms with van der Waals surface area (Å²) in [4.78, 5) is 5.38. The summed E-state index contributed by atoms with van der Waals surface area (Å²) >= 11 is 0. The number of anilines is 4. The predicted molar refractivity (Wildman–Crippen MR) is 280 cm³/mol. The number of nitrogens with zero attached hydrogens (tertiary/aromatic N) is 2. The van der Waals surface area contributed by atoms with Crippen LogP contribution in [0.25, 0.3) is 33.4 Å². The van der Waals surface area contributed by atoms with Crippen LogP contribution < -0.4 is 9.80 Å². The zero-order valence-corrected chi connectivity index (χ0v) is 39.4. The number of para-hydroxylation sites is 2. The molecule has 2 heteroatoms. The molecule has 0 bridgehead atoms. The van der Waals surface area contributed by atoms with E-state index in [1.165, 1.54) is 128 Å². The summed E-state index contributed by atoms with van der Waals surface area (Å²) in [5.74, 6) is 2.16. The first-order valence-electron chi connectivity index (χ1n) is 25.2. The monoisotopic (exact) mass is 868 g/mol. The number of benzene rings is 8. The molecule has 0 amide bonds. The van der Waals surface area contributed by atoms with Crippen molar-refractivity contribution in [2.24, 2.45) is 11.8 Å². The molecule has 0 saturated heterocycles. The Hall–Kier alpha value is -6.64. The van der Waals surface area contributed by atoms with Gasteiger partial charge in [0.2, 0.25) is 0 Å². The Morgan fingerprint density at radius 2 is 0.761 bits per heavy atom. The van der Waals surface area contributed by atoms with Gasteiger partial charge in [-0.15, -0.1) is 0 Å². The summed E-state index contributed by atoms with van der Waals surface area (Å²) in [5, 5.41) is 0. The van der Waals surface area contributed by atoms with Crippen molar-refractivity contribution in [2.75, 3.05) is 9.80 Å². The maximum Gasteiger partial charge on any atom is 0.0713 e. The molecule has 330 valence electrons. The van der Waals surface area contributed by atoms with Crippen LogP contribution in [0.2, 0.25) is 0 Å². The lowest BCUT2D eigenvalue weighted by Crippen LogP contribution is -2.47. The third-order valence-electron chi connectivity index (χ3n) is 17.6. The minimum Gasteiger partial charge on any atom is -0.335 e. The van der Waals surface area contributed by atoms with E-state index in [0.29, 0.717) is 23.7 Å². The Kier molecular flexibility index (Phi) is 9.21. The first-order valence-corrected chi connectivity index (χ1v) is 25.2. The minimum atomic E-state index is -0.520. The summed E-state index contributed by atoms with van der Waals surface area (Å²) in [5.41, 5.74) is 21.1. The molecule has 2 fully saturated rings. The van der Waals surface area contributed by atoms with Gasteiger partial charge in [-0.25, -0.2) is 0 Å². The van der Waals surface area contributed by atoms with Crippen molar-refractivity contribution in [3.63, 3.8) is 0 Å². The summed E-state index contributed by atoms with van der Waals surface area (Å²) in [6.45, 7) is 10.1. The van der Waals surface area contributed by atoms with Crippen LogP contribution in [0.15, 0.2) is 194 Å². The van der Waals surface area contributed by atoms with Crippen molar-refractivity contribution in [3.05, 3.63) is 228 Å². The van der Waals surface area contributed by atoms with Crippen LogP contribution in [0.4, 0.5) is 22.7 Å². The molecule has 0 aromatic heterocycles. The van der Waals surface area contributed by atoms with E-state index < -0.39 is 5.41 Å². The fourth-order valence-corrected chi connectivity index (χ4v) is 15.0.